The summed E-state index contributed by atoms with van der Waals surface area (Å²) in [5, 5.41) is 21.9. The van der Waals surface area contributed by atoms with E-state index in [4.69, 9.17) is 0 Å². The Morgan fingerprint density at radius 2 is 2.13 bits per heavy atom. The molecule has 1 atom stereocenters. The predicted molar refractivity (Wildman–Crippen MR) is 55.1 cm³/mol. The molecule has 1 heterocycles. The monoisotopic (exact) mass is 210 g/mol. The number of aryl methyl sites for hydroxylation is 1. The summed E-state index contributed by atoms with van der Waals surface area (Å²) >= 11 is 0. The summed E-state index contributed by atoms with van der Waals surface area (Å²) in [6.45, 7) is 2.15. The maximum atomic E-state index is 10.2. The molecule has 2 rings (SSSR count). The Bertz CT molecular complexity index is 330. The average molecular weight is 210 g/mol. The molecule has 1 aliphatic carbocycles. The largest absolute Gasteiger partial charge is 0.392 e. The Morgan fingerprint density at radius 3 is 2.67 bits per heavy atom. The molecule has 0 bridgehead atoms. The number of aliphatic hydroxyl groups is 1. The molecule has 15 heavy (non-hydrogen) atoms. The molecule has 0 saturated heterocycles. The maximum Gasteiger partial charge on any atom is 0.177 e. The van der Waals surface area contributed by atoms with Gasteiger partial charge in [0.1, 0.15) is 0 Å². The first kappa shape index (κ1) is 10.5. The van der Waals surface area contributed by atoms with Crippen molar-refractivity contribution in [1.82, 2.24) is 20.2 Å². The molecule has 1 aromatic rings. The summed E-state index contributed by atoms with van der Waals surface area (Å²) in [6, 6.07) is 0. The number of tetrazole rings is 1. The summed E-state index contributed by atoms with van der Waals surface area (Å²) in [5.41, 5.74) is 0.0548. The van der Waals surface area contributed by atoms with E-state index in [2.05, 4.69) is 22.3 Å². The van der Waals surface area contributed by atoms with Crippen LogP contribution in [-0.4, -0.2) is 31.4 Å². The minimum absolute atomic E-state index is 0.0548. The Kier molecular flexibility index (Phi) is 2.73. The van der Waals surface area contributed by atoms with Gasteiger partial charge in [0, 0.05) is 6.42 Å². The third kappa shape index (κ3) is 2.17. The Hall–Kier alpha value is -0.970. The summed E-state index contributed by atoms with van der Waals surface area (Å²) in [6.07, 6.45) is 4.83. The minimum atomic E-state index is -0.343. The lowest BCUT2D eigenvalue weighted by atomic mass is 9.81. The lowest BCUT2D eigenvalue weighted by Crippen LogP contribution is -2.31. The van der Waals surface area contributed by atoms with E-state index in [0.29, 0.717) is 12.2 Å². The number of aromatic nitrogens is 4. The van der Waals surface area contributed by atoms with Crippen LogP contribution in [0.5, 0.6) is 0 Å². The van der Waals surface area contributed by atoms with Gasteiger partial charge >= 0.3 is 0 Å². The Labute approximate surface area is 89.5 Å². The quantitative estimate of drug-likeness (QED) is 0.797. The van der Waals surface area contributed by atoms with Crippen LogP contribution in [0.1, 0.15) is 38.4 Å². The van der Waals surface area contributed by atoms with Gasteiger partial charge in [-0.2, -0.15) is 4.80 Å². The first-order valence-corrected chi connectivity index (χ1v) is 5.51. The highest BCUT2D eigenvalue weighted by molar-refractivity contribution is 4.92. The Balaban J connectivity index is 1.99. The average Bonchev–Trinajstić information content (AvgIpc) is 2.76. The zero-order chi connectivity index (χ0) is 10.9. The van der Waals surface area contributed by atoms with Crippen molar-refractivity contribution < 1.29 is 5.11 Å². The van der Waals surface area contributed by atoms with Crippen molar-refractivity contribution in [3.8, 4) is 0 Å². The van der Waals surface area contributed by atoms with Crippen LogP contribution < -0.4 is 0 Å². The second-order valence-corrected chi connectivity index (χ2v) is 4.78. The van der Waals surface area contributed by atoms with Crippen molar-refractivity contribution in [2.24, 2.45) is 12.5 Å². The number of aliphatic hydroxyl groups excluding tert-OH is 1. The van der Waals surface area contributed by atoms with Crippen LogP contribution in [-0.2, 0) is 13.5 Å². The summed E-state index contributed by atoms with van der Waals surface area (Å²) < 4.78 is 0. The van der Waals surface area contributed by atoms with Crippen LogP contribution in [0.2, 0.25) is 0 Å². The molecule has 5 heteroatoms. The molecule has 1 aliphatic rings. The zero-order valence-electron chi connectivity index (χ0n) is 9.35. The predicted octanol–water partition coefficient (Wildman–Crippen LogP) is 0.694. The fraction of sp³-hybridized carbons (Fsp3) is 0.900. The molecule has 1 N–H and O–H groups in total. The van der Waals surface area contributed by atoms with Crippen molar-refractivity contribution in [3.63, 3.8) is 0 Å². The van der Waals surface area contributed by atoms with Crippen LogP contribution in [0.25, 0.3) is 0 Å². The van der Waals surface area contributed by atoms with Gasteiger partial charge in [0.05, 0.1) is 13.2 Å². The third-order valence-electron chi connectivity index (χ3n) is 3.48. The molecule has 0 radical (unpaired) electrons. The van der Waals surface area contributed by atoms with Crippen molar-refractivity contribution in [2.75, 3.05) is 0 Å². The van der Waals surface area contributed by atoms with Gasteiger partial charge in [-0.15, -0.1) is 10.2 Å². The van der Waals surface area contributed by atoms with Gasteiger partial charge < -0.3 is 5.11 Å². The van der Waals surface area contributed by atoms with Gasteiger partial charge in [0.25, 0.3) is 0 Å². The van der Waals surface area contributed by atoms with Crippen LogP contribution in [0.3, 0.4) is 0 Å². The highest BCUT2D eigenvalue weighted by atomic mass is 16.3. The fourth-order valence-corrected chi connectivity index (χ4v) is 2.34. The standard InChI is InChI=1S/C10H18N4O/c1-10(5-3-4-6-10)8(15)7-9-11-13-14(2)12-9/h8,15H,3-7H2,1-2H3. The molecule has 1 saturated carbocycles. The van der Waals surface area contributed by atoms with E-state index in [9.17, 15) is 5.11 Å². The van der Waals surface area contributed by atoms with E-state index in [1.54, 1.807) is 7.05 Å². The smallest absolute Gasteiger partial charge is 0.177 e. The van der Waals surface area contributed by atoms with Crippen LogP contribution in [0.15, 0.2) is 0 Å². The molecular weight excluding hydrogens is 192 g/mol. The number of nitrogens with zero attached hydrogens (tertiary/aromatic N) is 4. The second-order valence-electron chi connectivity index (χ2n) is 4.78. The Morgan fingerprint density at radius 1 is 1.47 bits per heavy atom. The zero-order valence-corrected chi connectivity index (χ0v) is 9.35. The van der Waals surface area contributed by atoms with Gasteiger partial charge in [0.2, 0.25) is 0 Å². The first-order chi connectivity index (χ1) is 7.10. The summed E-state index contributed by atoms with van der Waals surface area (Å²) in [7, 11) is 1.74. The molecule has 1 fully saturated rings. The molecule has 5 nitrogen and oxygen atoms in total. The van der Waals surface area contributed by atoms with Gasteiger partial charge in [-0.1, -0.05) is 19.8 Å². The summed E-state index contributed by atoms with van der Waals surface area (Å²) in [5.74, 6) is 0.637. The van der Waals surface area contributed by atoms with Crippen molar-refractivity contribution >= 4 is 0 Å². The van der Waals surface area contributed by atoms with Crippen molar-refractivity contribution in [1.29, 1.82) is 0 Å². The molecular formula is C10H18N4O. The van der Waals surface area contributed by atoms with Gasteiger partial charge in [0.15, 0.2) is 5.82 Å². The van der Waals surface area contributed by atoms with Crippen LogP contribution in [0, 0.1) is 5.41 Å². The normalized spacial score (nSPS) is 21.8. The molecule has 84 valence electrons. The van der Waals surface area contributed by atoms with Crippen LogP contribution in [0.4, 0.5) is 0 Å². The maximum absolute atomic E-state index is 10.2. The molecule has 0 spiro atoms. The van der Waals surface area contributed by atoms with E-state index < -0.39 is 0 Å². The van der Waals surface area contributed by atoms with E-state index in [1.165, 1.54) is 17.6 Å². The van der Waals surface area contributed by atoms with Gasteiger partial charge in [-0.3, -0.25) is 0 Å². The third-order valence-corrected chi connectivity index (χ3v) is 3.48. The highest BCUT2D eigenvalue weighted by Gasteiger charge is 2.36. The molecule has 1 unspecified atom stereocenters. The SMILES string of the molecule is Cn1nnc(CC(O)C2(C)CCCC2)n1. The topological polar surface area (TPSA) is 63.8 Å². The van der Waals surface area contributed by atoms with Crippen molar-refractivity contribution in [3.05, 3.63) is 5.82 Å². The molecule has 0 aliphatic heterocycles. The second kappa shape index (κ2) is 3.89. The fourth-order valence-electron chi connectivity index (χ4n) is 2.34. The minimum Gasteiger partial charge on any atom is -0.392 e. The van der Waals surface area contributed by atoms with Gasteiger partial charge in [-0.05, 0) is 23.5 Å². The number of hydrogen-bond acceptors (Lipinski definition) is 4. The first-order valence-electron chi connectivity index (χ1n) is 5.51. The van der Waals surface area contributed by atoms with Crippen molar-refractivity contribution in [2.45, 2.75) is 45.1 Å². The van der Waals surface area contributed by atoms with Gasteiger partial charge in [-0.25, -0.2) is 0 Å². The summed E-state index contributed by atoms with van der Waals surface area (Å²) in [4.78, 5) is 1.43. The highest BCUT2D eigenvalue weighted by Crippen LogP contribution is 2.41. The molecule has 0 amide bonds. The molecule has 1 aromatic heterocycles. The lowest BCUT2D eigenvalue weighted by molar-refractivity contribution is 0.0407. The van der Waals surface area contributed by atoms with E-state index in [1.807, 2.05) is 0 Å². The van der Waals surface area contributed by atoms with E-state index >= 15 is 0 Å². The van der Waals surface area contributed by atoms with E-state index in [-0.39, 0.29) is 11.5 Å². The van der Waals surface area contributed by atoms with Crippen LogP contribution >= 0.6 is 0 Å². The molecule has 0 aromatic carbocycles. The number of hydrogen-bond donors (Lipinski definition) is 1. The number of rotatable bonds is 3. The van der Waals surface area contributed by atoms with E-state index in [0.717, 1.165) is 12.8 Å². The lowest BCUT2D eigenvalue weighted by Gasteiger charge is -2.28.